The zero-order valence-electron chi connectivity index (χ0n) is 7.35. The third-order valence-electron chi connectivity index (χ3n) is 3.80. The Balaban J connectivity index is 2.20. The Morgan fingerprint density at radius 1 is 1.20 bits per heavy atom. The molecule has 3 atom stereocenters. The Hall–Kier alpha value is 0. The number of fused-ring (bicyclic) bond motifs is 2. The molecule has 58 valence electrons. The summed E-state index contributed by atoms with van der Waals surface area (Å²) in [5.41, 5.74) is 0.683. The summed E-state index contributed by atoms with van der Waals surface area (Å²) in [7, 11) is 0. The van der Waals surface area contributed by atoms with E-state index in [1.165, 1.54) is 19.3 Å². The van der Waals surface area contributed by atoms with Gasteiger partial charge in [-0.1, -0.05) is 20.8 Å². The van der Waals surface area contributed by atoms with Crippen LogP contribution in [0.15, 0.2) is 0 Å². The fourth-order valence-corrected chi connectivity index (χ4v) is 3.53. The van der Waals surface area contributed by atoms with Gasteiger partial charge in [-0.15, -0.1) is 0 Å². The van der Waals surface area contributed by atoms with Crippen LogP contribution in [-0.4, -0.2) is 0 Å². The Morgan fingerprint density at radius 2 is 1.90 bits per heavy atom. The maximum absolute atomic E-state index is 2.45. The maximum Gasteiger partial charge on any atom is -0.0321 e. The van der Waals surface area contributed by atoms with Crippen molar-refractivity contribution >= 4 is 0 Å². The van der Waals surface area contributed by atoms with Crippen molar-refractivity contribution in [2.24, 2.45) is 23.2 Å². The summed E-state index contributed by atoms with van der Waals surface area (Å²) < 4.78 is 0. The van der Waals surface area contributed by atoms with Crippen LogP contribution < -0.4 is 0 Å². The van der Waals surface area contributed by atoms with Gasteiger partial charge in [-0.2, -0.15) is 0 Å². The quantitative estimate of drug-likeness (QED) is 0.482. The minimum Gasteiger partial charge on any atom is -0.0622 e. The standard InChI is InChI=1S/C10H18/c1-7-4-8-5-9(7)10(2,3)6-8/h7-9H,4-6H2,1-3H3/t7-,8-,9-/m0/s1. The van der Waals surface area contributed by atoms with Crippen LogP contribution in [0.2, 0.25) is 0 Å². The van der Waals surface area contributed by atoms with Crippen LogP contribution >= 0.6 is 0 Å². The molecule has 2 aliphatic carbocycles. The molecular weight excluding hydrogens is 120 g/mol. The van der Waals surface area contributed by atoms with E-state index in [1.807, 2.05) is 0 Å². The predicted molar refractivity (Wildman–Crippen MR) is 43.8 cm³/mol. The minimum absolute atomic E-state index is 0.683. The van der Waals surface area contributed by atoms with Crippen LogP contribution in [0.3, 0.4) is 0 Å². The van der Waals surface area contributed by atoms with Crippen LogP contribution in [0, 0.1) is 23.2 Å². The third-order valence-corrected chi connectivity index (χ3v) is 3.80. The molecular formula is C10H18. The highest BCUT2D eigenvalue weighted by molar-refractivity contribution is 4.98. The second-order valence-electron chi connectivity index (χ2n) is 5.11. The number of rotatable bonds is 0. The summed E-state index contributed by atoms with van der Waals surface area (Å²) in [6, 6.07) is 0. The summed E-state index contributed by atoms with van der Waals surface area (Å²) in [4.78, 5) is 0. The second kappa shape index (κ2) is 1.78. The van der Waals surface area contributed by atoms with Crippen molar-refractivity contribution in [2.45, 2.75) is 40.0 Å². The van der Waals surface area contributed by atoms with Gasteiger partial charge in [0, 0.05) is 0 Å². The van der Waals surface area contributed by atoms with Gasteiger partial charge in [-0.3, -0.25) is 0 Å². The van der Waals surface area contributed by atoms with Gasteiger partial charge in [-0.05, 0) is 42.4 Å². The monoisotopic (exact) mass is 138 g/mol. The van der Waals surface area contributed by atoms with Crippen molar-refractivity contribution < 1.29 is 0 Å². The highest BCUT2D eigenvalue weighted by atomic mass is 14.5. The zero-order valence-corrected chi connectivity index (χ0v) is 7.35. The fraction of sp³-hybridized carbons (Fsp3) is 1.00. The van der Waals surface area contributed by atoms with E-state index in [1.54, 1.807) is 0 Å². The molecule has 2 bridgehead atoms. The molecule has 0 unspecified atom stereocenters. The van der Waals surface area contributed by atoms with Gasteiger partial charge < -0.3 is 0 Å². The molecule has 0 heterocycles. The highest BCUT2D eigenvalue weighted by Gasteiger charge is 2.48. The van der Waals surface area contributed by atoms with Gasteiger partial charge >= 0.3 is 0 Å². The highest BCUT2D eigenvalue weighted by Crippen LogP contribution is 2.57. The maximum atomic E-state index is 2.45. The Labute approximate surface area is 64.0 Å². The minimum atomic E-state index is 0.683. The van der Waals surface area contributed by atoms with Crippen molar-refractivity contribution in [2.75, 3.05) is 0 Å². The molecule has 10 heavy (non-hydrogen) atoms. The Kier molecular flexibility index (Phi) is 1.19. The lowest BCUT2D eigenvalue weighted by molar-refractivity contribution is 0.161. The van der Waals surface area contributed by atoms with Crippen molar-refractivity contribution in [3.63, 3.8) is 0 Å². The van der Waals surface area contributed by atoms with Crippen LogP contribution in [0.4, 0.5) is 0 Å². The van der Waals surface area contributed by atoms with Crippen LogP contribution in [0.5, 0.6) is 0 Å². The molecule has 0 aromatic rings. The summed E-state index contributed by atoms with van der Waals surface area (Å²) in [5.74, 6) is 3.17. The van der Waals surface area contributed by atoms with E-state index >= 15 is 0 Å². The zero-order chi connectivity index (χ0) is 7.35. The average Bonchev–Trinajstić information content (AvgIpc) is 2.18. The lowest BCUT2D eigenvalue weighted by Crippen LogP contribution is -2.25. The molecule has 0 aromatic heterocycles. The van der Waals surface area contributed by atoms with E-state index in [9.17, 15) is 0 Å². The largest absolute Gasteiger partial charge is 0.0622 e. The SMILES string of the molecule is C[C@H]1C[C@H]2C[C@@H]1C(C)(C)C2. The predicted octanol–water partition coefficient (Wildman–Crippen LogP) is 3.08. The normalized spacial score (nSPS) is 50.1. The molecule has 0 spiro atoms. The number of hydrogen-bond donors (Lipinski definition) is 0. The molecule has 0 aromatic carbocycles. The Morgan fingerprint density at radius 3 is 2.20 bits per heavy atom. The molecule has 0 amide bonds. The molecule has 0 saturated heterocycles. The van der Waals surface area contributed by atoms with E-state index in [-0.39, 0.29) is 0 Å². The number of hydrogen-bond acceptors (Lipinski definition) is 0. The van der Waals surface area contributed by atoms with Gasteiger partial charge in [0.1, 0.15) is 0 Å². The lowest BCUT2D eigenvalue weighted by Gasteiger charge is -2.33. The molecule has 2 rings (SSSR count). The molecule has 0 aliphatic heterocycles. The summed E-state index contributed by atoms with van der Waals surface area (Å²) in [6.07, 6.45) is 4.56. The second-order valence-corrected chi connectivity index (χ2v) is 5.11. The average molecular weight is 138 g/mol. The first kappa shape index (κ1) is 6.69. The molecule has 0 nitrogen and oxygen atoms in total. The molecule has 2 saturated carbocycles. The van der Waals surface area contributed by atoms with Gasteiger partial charge in [-0.25, -0.2) is 0 Å². The summed E-state index contributed by atoms with van der Waals surface area (Å²) >= 11 is 0. The van der Waals surface area contributed by atoms with E-state index in [4.69, 9.17) is 0 Å². The van der Waals surface area contributed by atoms with Crippen molar-refractivity contribution in [1.29, 1.82) is 0 Å². The first-order valence-corrected chi connectivity index (χ1v) is 4.59. The van der Waals surface area contributed by atoms with Gasteiger partial charge in [0.05, 0.1) is 0 Å². The molecule has 0 N–H and O–H groups in total. The lowest BCUT2D eigenvalue weighted by atomic mass is 9.72. The molecule has 0 heteroatoms. The van der Waals surface area contributed by atoms with Crippen molar-refractivity contribution in [3.05, 3.63) is 0 Å². The van der Waals surface area contributed by atoms with Gasteiger partial charge in [0.25, 0.3) is 0 Å². The van der Waals surface area contributed by atoms with E-state index in [0.29, 0.717) is 5.41 Å². The Bertz CT molecular complexity index is 146. The smallest absolute Gasteiger partial charge is 0.0321 e. The van der Waals surface area contributed by atoms with Crippen LogP contribution in [0.1, 0.15) is 40.0 Å². The summed E-state index contributed by atoms with van der Waals surface area (Å²) in [6.45, 7) is 7.34. The van der Waals surface area contributed by atoms with Crippen molar-refractivity contribution in [3.8, 4) is 0 Å². The first-order valence-electron chi connectivity index (χ1n) is 4.59. The van der Waals surface area contributed by atoms with Gasteiger partial charge in [0.2, 0.25) is 0 Å². The van der Waals surface area contributed by atoms with Crippen LogP contribution in [-0.2, 0) is 0 Å². The van der Waals surface area contributed by atoms with Crippen molar-refractivity contribution in [1.82, 2.24) is 0 Å². The molecule has 0 radical (unpaired) electrons. The van der Waals surface area contributed by atoms with Crippen LogP contribution in [0.25, 0.3) is 0 Å². The summed E-state index contributed by atoms with van der Waals surface area (Å²) in [5, 5.41) is 0. The van der Waals surface area contributed by atoms with Gasteiger partial charge in [0.15, 0.2) is 0 Å². The molecule has 2 aliphatic rings. The van der Waals surface area contributed by atoms with E-state index < -0.39 is 0 Å². The topological polar surface area (TPSA) is 0 Å². The molecule has 2 fully saturated rings. The van der Waals surface area contributed by atoms with E-state index in [0.717, 1.165) is 17.8 Å². The van der Waals surface area contributed by atoms with E-state index in [2.05, 4.69) is 20.8 Å². The first-order chi connectivity index (χ1) is 4.59. The fourth-order valence-electron chi connectivity index (χ4n) is 3.53. The third kappa shape index (κ3) is 0.741.